The lowest BCUT2D eigenvalue weighted by atomic mass is 9.76. The summed E-state index contributed by atoms with van der Waals surface area (Å²) < 4.78 is 0. The van der Waals surface area contributed by atoms with Gasteiger partial charge in [0, 0.05) is 19.6 Å². The van der Waals surface area contributed by atoms with Gasteiger partial charge in [0.1, 0.15) is 0 Å². The van der Waals surface area contributed by atoms with Gasteiger partial charge in [-0.15, -0.1) is 0 Å². The first kappa shape index (κ1) is 16.3. The number of carboxylic acids is 1. The van der Waals surface area contributed by atoms with Gasteiger partial charge in [-0.3, -0.25) is 14.5 Å². The number of carbonyl (C=O) groups is 2. The number of aliphatic carboxylic acids is 1. The lowest BCUT2D eigenvalue weighted by molar-refractivity contribution is -0.151. The van der Waals surface area contributed by atoms with E-state index in [1.165, 1.54) is 0 Å². The molecule has 2 fully saturated rings. The van der Waals surface area contributed by atoms with E-state index >= 15 is 0 Å². The van der Waals surface area contributed by atoms with Crippen molar-refractivity contribution in [2.45, 2.75) is 40.0 Å². The fourth-order valence-corrected chi connectivity index (χ4v) is 3.49. The van der Waals surface area contributed by atoms with Crippen LogP contribution < -0.4 is 0 Å². The minimum absolute atomic E-state index is 0.0888. The summed E-state index contributed by atoms with van der Waals surface area (Å²) in [7, 11) is 0. The van der Waals surface area contributed by atoms with Gasteiger partial charge < -0.3 is 10.0 Å². The van der Waals surface area contributed by atoms with Gasteiger partial charge in [-0.05, 0) is 37.6 Å². The molecule has 0 aromatic rings. The van der Waals surface area contributed by atoms with Crippen LogP contribution in [-0.2, 0) is 9.59 Å². The molecule has 120 valence electrons. The van der Waals surface area contributed by atoms with Crippen molar-refractivity contribution in [2.75, 3.05) is 32.7 Å². The van der Waals surface area contributed by atoms with Crippen molar-refractivity contribution in [3.8, 4) is 0 Å². The molecule has 2 aliphatic rings. The number of amides is 1. The molecule has 2 saturated heterocycles. The fourth-order valence-electron chi connectivity index (χ4n) is 3.49. The maximum Gasteiger partial charge on any atom is 0.311 e. The van der Waals surface area contributed by atoms with Crippen LogP contribution in [-0.4, -0.2) is 59.5 Å². The van der Waals surface area contributed by atoms with Crippen molar-refractivity contribution in [3.05, 3.63) is 0 Å². The first-order valence-corrected chi connectivity index (χ1v) is 8.08. The van der Waals surface area contributed by atoms with Crippen LogP contribution in [0.4, 0.5) is 0 Å². The van der Waals surface area contributed by atoms with E-state index < -0.39 is 11.4 Å². The second kappa shape index (κ2) is 6.34. The summed E-state index contributed by atoms with van der Waals surface area (Å²) >= 11 is 0. The van der Waals surface area contributed by atoms with Gasteiger partial charge >= 0.3 is 5.97 Å². The van der Waals surface area contributed by atoms with Gasteiger partial charge in [0.05, 0.1) is 12.0 Å². The quantitative estimate of drug-likeness (QED) is 0.857. The maximum absolute atomic E-state index is 12.3. The summed E-state index contributed by atoms with van der Waals surface area (Å²) in [6, 6.07) is 0. The molecule has 0 radical (unpaired) electrons. The molecule has 2 aliphatic heterocycles. The Morgan fingerprint density at radius 3 is 2.33 bits per heavy atom. The third-order valence-corrected chi connectivity index (χ3v) is 5.41. The highest BCUT2D eigenvalue weighted by Gasteiger charge is 2.47. The lowest BCUT2D eigenvalue weighted by Gasteiger charge is -2.32. The molecule has 21 heavy (non-hydrogen) atoms. The molecule has 0 spiro atoms. The van der Waals surface area contributed by atoms with Crippen LogP contribution in [0.25, 0.3) is 0 Å². The molecule has 0 saturated carbocycles. The Hall–Kier alpha value is -1.10. The summed E-state index contributed by atoms with van der Waals surface area (Å²) in [6.45, 7) is 9.43. The van der Waals surface area contributed by atoms with Gasteiger partial charge in [0.25, 0.3) is 0 Å². The monoisotopic (exact) mass is 296 g/mol. The molecule has 1 unspecified atom stereocenters. The average molecular weight is 296 g/mol. The van der Waals surface area contributed by atoms with Crippen LogP contribution in [0.2, 0.25) is 0 Å². The van der Waals surface area contributed by atoms with Crippen LogP contribution in [0.15, 0.2) is 0 Å². The average Bonchev–Trinajstić information content (AvgIpc) is 2.85. The molecule has 1 atom stereocenters. The van der Waals surface area contributed by atoms with Crippen molar-refractivity contribution in [3.63, 3.8) is 0 Å². The van der Waals surface area contributed by atoms with E-state index in [1.54, 1.807) is 0 Å². The Morgan fingerprint density at radius 1 is 1.24 bits per heavy atom. The normalized spacial score (nSPS) is 28.3. The van der Waals surface area contributed by atoms with Crippen LogP contribution in [0, 0.1) is 17.3 Å². The summed E-state index contributed by atoms with van der Waals surface area (Å²) in [5, 5.41) is 9.54. The predicted octanol–water partition coefficient (Wildman–Crippen LogP) is 1.68. The van der Waals surface area contributed by atoms with E-state index in [-0.39, 0.29) is 11.8 Å². The number of hydrogen-bond acceptors (Lipinski definition) is 3. The highest BCUT2D eigenvalue weighted by molar-refractivity contribution is 5.79. The number of likely N-dealkylation sites (tertiary alicyclic amines) is 2. The van der Waals surface area contributed by atoms with E-state index in [2.05, 4.69) is 6.92 Å². The third kappa shape index (κ3) is 3.39. The van der Waals surface area contributed by atoms with Crippen molar-refractivity contribution >= 4 is 11.9 Å². The van der Waals surface area contributed by atoms with E-state index in [1.807, 2.05) is 23.6 Å². The number of piperidine rings is 1. The van der Waals surface area contributed by atoms with E-state index in [9.17, 15) is 14.7 Å². The lowest BCUT2D eigenvalue weighted by Crippen LogP contribution is -2.45. The molecule has 5 heteroatoms. The summed E-state index contributed by atoms with van der Waals surface area (Å²) in [6.07, 6.45) is 2.80. The smallest absolute Gasteiger partial charge is 0.311 e. The second-order valence-corrected chi connectivity index (χ2v) is 7.14. The topological polar surface area (TPSA) is 60.9 Å². The van der Waals surface area contributed by atoms with Crippen molar-refractivity contribution in [2.24, 2.45) is 17.3 Å². The number of carboxylic acid groups (broad SMARTS) is 1. The van der Waals surface area contributed by atoms with E-state index in [4.69, 9.17) is 0 Å². The van der Waals surface area contributed by atoms with Gasteiger partial charge in [0.2, 0.25) is 5.91 Å². The Bertz CT molecular complexity index is 402. The SMILES string of the molecule is CC1CCN(C(=O)CN2CCC(C(=O)O)(C(C)C)C2)CC1. The van der Waals surface area contributed by atoms with Crippen molar-refractivity contribution in [1.82, 2.24) is 9.80 Å². The van der Waals surface area contributed by atoms with Crippen LogP contribution in [0.5, 0.6) is 0 Å². The zero-order chi connectivity index (χ0) is 15.6. The van der Waals surface area contributed by atoms with E-state index in [0.717, 1.165) is 25.9 Å². The molecule has 5 nitrogen and oxygen atoms in total. The predicted molar refractivity (Wildman–Crippen MR) is 80.9 cm³/mol. The molecular weight excluding hydrogens is 268 g/mol. The van der Waals surface area contributed by atoms with Crippen molar-refractivity contribution in [1.29, 1.82) is 0 Å². The molecule has 0 aromatic carbocycles. The van der Waals surface area contributed by atoms with Crippen LogP contribution >= 0.6 is 0 Å². The zero-order valence-corrected chi connectivity index (χ0v) is 13.5. The molecular formula is C16H28N2O3. The number of carbonyl (C=O) groups excluding carboxylic acids is 1. The number of rotatable bonds is 4. The molecule has 1 amide bonds. The molecule has 2 heterocycles. The molecule has 0 aliphatic carbocycles. The largest absolute Gasteiger partial charge is 0.481 e. The zero-order valence-electron chi connectivity index (χ0n) is 13.5. The minimum atomic E-state index is -0.723. The summed E-state index contributed by atoms with van der Waals surface area (Å²) in [4.78, 5) is 27.9. The van der Waals surface area contributed by atoms with E-state index in [0.29, 0.717) is 32.0 Å². The second-order valence-electron chi connectivity index (χ2n) is 7.14. The van der Waals surface area contributed by atoms with Gasteiger partial charge in [0.15, 0.2) is 0 Å². The standard InChI is InChI=1S/C16H28N2O3/c1-12(2)16(15(20)21)6-9-17(11-16)10-14(19)18-7-4-13(3)5-8-18/h12-13H,4-11H2,1-3H3,(H,20,21). The summed E-state index contributed by atoms with van der Waals surface area (Å²) in [5.74, 6) is 0.235. The Kier molecular flexibility index (Phi) is 4.91. The first-order chi connectivity index (χ1) is 9.85. The molecule has 2 rings (SSSR count). The summed E-state index contributed by atoms with van der Waals surface area (Å²) in [5.41, 5.74) is -0.684. The van der Waals surface area contributed by atoms with Crippen LogP contribution in [0.3, 0.4) is 0 Å². The number of nitrogens with zero attached hydrogens (tertiary/aromatic N) is 2. The first-order valence-electron chi connectivity index (χ1n) is 8.08. The molecule has 0 aromatic heterocycles. The fraction of sp³-hybridized carbons (Fsp3) is 0.875. The maximum atomic E-state index is 12.3. The number of hydrogen-bond donors (Lipinski definition) is 1. The van der Waals surface area contributed by atoms with Gasteiger partial charge in [-0.2, -0.15) is 0 Å². The van der Waals surface area contributed by atoms with Gasteiger partial charge in [-0.1, -0.05) is 20.8 Å². The Balaban J connectivity index is 1.90. The Morgan fingerprint density at radius 2 is 1.86 bits per heavy atom. The third-order valence-electron chi connectivity index (χ3n) is 5.41. The minimum Gasteiger partial charge on any atom is -0.481 e. The molecule has 0 bridgehead atoms. The highest BCUT2D eigenvalue weighted by atomic mass is 16.4. The Labute approximate surface area is 127 Å². The highest BCUT2D eigenvalue weighted by Crippen LogP contribution is 2.38. The molecule has 1 N–H and O–H groups in total. The van der Waals surface area contributed by atoms with Crippen molar-refractivity contribution < 1.29 is 14.7 Å². The van der Waals surface area contributed by atoms with Gasteiger partial charge in [-0.25, -0.2) is 0 Å². The van der Waals surface area contributed by atoms with Crippen LogP contribution in [0.1, 0.15) is 40.0 Å².